The Morgan fingerprint density at radius 1 is 1.53 bits per heavy atom. The fourth-order valence-electron chi connectivity index (χ4n) is 1.94. The average Bonchev–Trinajstić information content (AvgIpc) is 2.40. The molecule has 0 aromatic heterocycles. The van der Waals surface area contributed by atoms with Gasteiger partial charge in [-0.2, -0.15) is 0 Å². The molecule has 1 rings (SSSR count). The SMILES string of the molecule is COCCCN1CC(=O)N(C)CC(C(=O)O)C1. The van der Waals surface area contributed by atoms with Crippen molar-refractivity contribution in [1.29, 1.82) is 0 Å². The van der Waals surface area contributed by atoms with Crippen molar-refractivity contribution in [2.45, 2.75) is 6.42 Å². The van der Waals surface area contributed by atoms with Crippen molar-refractivity contribution < 1.29 is 19.4 Å². The second kappa shape index (κ2) is 6.56. The average molecular weight is 244 g/mol. The number of carbonyl (C=O) groups excluding carboxylic acids is 1. The quantitative estimate of drug-likeness (QED) is 0.660. The summed E-state index contributed by atoms with van der Waals surface area (Å²) in [6.07, 6.45) is 0.805. The lowest BCUT2D eigenvalue weighted by molar-refractivity contribution is -0.142. The fourth-order valence-corrected chi connectivity index (χ4v) is 1.94. The number of methoxy groups -OCH3 is 1. The first-order valence-corrected chi connectivity index (χ1v) is 5.72. The Morgan fingerprint density at radius 2 is 2.24 bits per heavy atom. The van der Waals surface area contributed by atoms with Gasteiger partial charge in [-0.15, -0.1) is 0 Å². The van der Waals surface area contributed by atoms with E-state index < -0.39 is 11.9 Å². The highest BCUT2D eigenvalue weighted by Gasteiger charge is 2.29. The summed E-state index contributed by atoms with van der Waals surface area (Å²) in [7, 11) is 3.28. The lowest BCUT2D eigenvalue weighted by Crippen LogP contribution is -2.35. The largest absolute Gasteiger partial charge is 0.481 e. The Bertz CT molecular complexity index is 283. The van der Waals surface area contributed by atoms with E-state index in [4.69, 9.17) is 9.84 Å². The second-order valence-corrected chi connectivity index (χ2v) is 4.39. The van der Waals surface area contributed by atoms with Gasteiger partial charge in [-0.25, -0.2) is 0 Å². The topological polar surface area (TPSA) is 70.1 Å². The smallest absolute Gasteiger partial charge is 0.309 e. The summed E-state index contributed by atoms with van der Waals surface area (Å²) in [5.74, 6) is -1.37. The normalized spacial score (nSPS) is 22.6. The molecule has 6 nitrogen and oxygen atoms in total. The van der Waals surface area contributed by atoms with Gasteiger partial charge in [0, 0.05) is 40.4 Å². The van der Waals surface area contributed by atoms with Gasteiger partial charge in [-0.1, -0.05) is 0 Å². The summed E-state index contributed by atoms with van der Waals surface area (Å²) in [5, 5.41) is 9.07. The number of hydrogen-bond donors (Lipinski definition) is 1. The number of rotatable bonds is 5. The van der Waals surface area contributed by atoms with Gasteiger partial charge in [-0.3, -0.25) is 14.5 Å². The maximum atomic E-state index is 11.7. The number of aliphatic carboxylic acids is 1. The molecule has 0 aromatic rings. The number of carboxylic acid groups (broad SMARTS) is 1. The van der Waals surface area contributed by atoms with E-state index in [1.807, 2.05) is 4.90 Å². The Morgan fingerprint density at radius 3 is 2.82 bits per heavy atom. The third-order valence-corrected chi connectivity index (χ3v) is 2.93. The van der Waals surface area contributed by atoms with E-state index in [0.717, 1.165) is 6.42 Å². The van der Waals surface area contributed by atoms with Crippen molar-refractivity contribution in [3.63, 3.8) is 0 Å². The third-order valence-electron chi connectivity index (χ3n) is 2.93. The van der Waals surface area contributed by atoms with Crippen molar-refractivity contribution in [1.82, 2.24) is 9.80 Å². The molecule has 0 spiro atoms. The Hall–Kier alpha value is -1.14. The molecule has 17 heavy (non-hydrogen) atoms. The number of likely N-dealkylation sites (N-methyl/N-ethyl adjacent to an activating group) is 1. The van der Waals surface area contributed by atoms with Gasteiger partial charge in [0.15, 0.2) is 0 Å². The molecule has 0 aromatic carbocycles. The zero-order valence-corrected chi connectivity index (χ0v) is 10.4. The first kappa shape index (κ1) is 13.9. The van der Waals surface area contributed by atoms with Gasteiger partial charge in [-0.05, 0) is 6.42 Å². The van der Waals surface area contributed by atoms with E-state index in [-0.39, 0.29) is 12.5 Å². The highest BCUT2D eigenvalue weighted by Crippen LogP contribution is 2.10. The van der Waals surface area contributed by atoms with Crippen LogP contribution in [-0.4, -0.2) is 73.7 Å². The summed E-state index contributed by atoms with van der Waals surface area (Å²) in [5.41, 5.74) is 0. The van der Waals surface area contributed by atoms with Crippen molar-refractivity contribution in [3.8, 4) is 0 Å². The van der Waals surface area contributed by atoms with Gasteiger partial charge in [0.1, 0.15) is 0 Å². The van der Waals surface area contributed by atoms with Crippen LogP contribution < -0.4 is 0 Å². The fraction of sp³-hybridized carbons (Fsp3) is 0.818. The highest BCUT2D eigenvalue weighted by molar-refractivity contribution is 5.80. The van der Waals surface area contributed by atoms with Crippen LogP contribution in [0.2, 0.25) is 0 Å². The molecule has 0 radical (unpaired) electrons. The van der Waals surface area contributed by atoms with Gasteiger partial charge in [0.05, 0.1) is 12.5 Å². The summed E-state index contributed by atoms with van der Waals surface area (Å²) in [6, 6.07) is 0. The highest BCUT2D eigenvalue weighted by atomic mass is 16.5. The molecule has 1 fully saturated rings. The van der Waals surface area contributed by atoms with Gasteiger partial charge < -0.3 is 14.7 Å². The molecule has 1 unspecified atom stereocenters. The molecule has 1 heterocycles. The molecule has 1 aliphatic rings. The van der Waals surface area contributed by atoms with E-state index in [0.29, 0.717) is 26.2 Å². The van der Waals surface area contributed by atoms with Crippen molar-refractivity contribution in [2.75, 3.05) is 46.9 Å². The molecule has 1 N–H and O–H groups in total. The molecule has 1 saturated heterocycles. The lowest BCUT2D eigenvalue weighted by atomic mass is 10.1. The number of carbonyl (C=O) groups is 2. The van der Waals surface area contributed by atoms with Crippen LogP contribution in [0.15, 0.2) is 0 Å². The molecule has 6 heteroatoms. The number of nitrogens with zero attached hydrogens (tertiary/aromatic N) is 2. The molecule has 0 saturated carbocycles. The predicted molar refractivity (Wildman–Crippen MR) is 61.7 cm³/mol. The first-order valence-electron chi connectivity index (χ1n) is 5.72. The van der Waals surface area contributed by atoms with Crippen LogP contribution in [0.3, 0.4) is 0 Å². The summed E-state index contributed by atoms with van der Waals surface area (Å²) < 4.78 is 4.95. The minimum Gasteiger partial charge on any atom is -0.481 e. The molecule has 0 bridgehead atoms. The van der Waals surface area contributed by atoms with Crippen LogP contribution in [0.1, 0.15) is 6.42 Å². The molecule has 0 aliphatic carbocycles. The number of amides is 1. The predicted octanol–water partition coefficient (Wildman–Crippen LogP) is -0.502. The molecular weight excluding hydrogens is 224 g/mol. The third kappa shape index (κ3) is 4.32. The second-order valence-electron chi connectivity index (χ2n) is 4.39. The standard InChI is InChI=1S/C11H20N2O4/c1-12-6-9(11(15)16)7-13(8-10(12)14)4-3-5-17-2/h9H,3-8H2,1-2H3,(H,15,16). The zero-order chi connectivity index (χ0) is 12.8. The van der Waals surface area contributed by atoms with Crippen molar-refractivity contribution in [3.05, 3.63) is 0 Å². The number of hydrogen-bond acceptors (Lipinski definition) is 4. The molecule has 98 valence electrons. The number of carboxylic acids is 1. The van der Waals surface area contributed by atoms with E-state index in [9.17, 15) is 9.59 Å². The van der Waals surface area contributed by atoms with Gasteiger partial charge in [0.25, 0.3) is 0 Å². The molecule has 1 atom stereocenters. The minimum atomic E-state index is -0.844. The van der Waals surface area contributed by atoms with Gasteiger partial charge >= 0.3 is 5.97 Å². The molecular formula is C11H20N2O4. The van der Waals surface area contributed by atoms with Crippen molar-refractivity contribution in [2.24, 2.45) is 5.92 Å². The summed E-state index contributed by atoms with van der Waals surface area (Å²) in [4.78, 5) is 26.1. The molecule has 1 aliphatic heterocycles. The Labute approximate surface area is 101 Å². The first-order chi connectivity index (χ1) is 8.04. The Balaban J connectivity index is 2.57. The van der Waals surface area contributed by atoms with Crippen LogP contribution in [0.5, 0.6) is 0 Å². The number of ether oxygens (including phenoxy) is 1. The van der Waals surface area contributed by atoms with Crippen molar-refractivity contribution >= 4 is 11.9 Å². The maximum absolute atomic E-state index is 11.7. The van der Waals surface area contributed by atoms with E-state index in [1.54, 1.807) is 14.2 Å². The summed E-state index contributed by atoms with van der Waals surface area (Å²) >= 11 is 0. The van der Waals surface area contributed by atoms with E-state index >= 15 is 0 Å². The van der Waals surface area contributed by atoms with Crippen LogP contribution in [-0.2, 0) is 14.3 Å². The van der Waals surface area contributed by atoms with Crippen LogP contribution >= 0.6 is 0 Å². The summed E-state index contributed by atoms with van der Waals surface area (Å²) in [6.45, 7) is 2.32. The maximum Gasteiger partial charge on any atom is 0.309 e. The lowest BCUT2D eigenvalue weighted by Gasteiger charge is -2.20. The zero-order valence-electron chi connectivity index (χ0n) is 10.4. The van der Waals surface area contributed by atoms with E-state index in [2.05, 4.69) is 0 Å². The Kier molecular flexibility index (Phi) is 5.37. The van der Waals surface area contributed by atoms with Gasteiger partial charge in [0.2, 0.25) is 5.91 Å². The van der Waals surface area contributed by atoms with Crippen LogP contribution in [0, 0.1) is 5.92 Å². The van der Waals surface area contributed by atoms with Crippen LogP contribution in [0.4, 0.5) is 0 Å². The minimum absolute atomic E-state index is 0.0221. The van der Waals surface area contributed by atoms with E-state index in [1.165, 1.54) is 4.90 Å². The molecule has 1 amide bonds. The monoisotopic (exact) mass is 244 g/mol. The van der Waals surface area contributed by atoms with Crippen LogP contribution in [0.25, 0.3) is 0 Å².